The van der Waals surface area contributed by atoms with Crippen LogP contribution in [0.1, 0.15) is 11.3 Å². The fraction of sp³-hybridized carbons (Fsp3) is 0.211. The van der Waals surface area contributed by atoms with Gasteiger partial charge in [0, 0.05) is 17.1 Å². The van der Waals surface area contributed by atoms with E-state index in [9.17, 15) is 13.2 Å². The van der Waals surface area contributed by atoms with Gasteiger partial charge in [-0.1, -0.05) is 22.0 Å². The van der Waals surface area contributed by atoms with Gasteiger partial charge < -0.3 is 9.47 Å². The molecule has 0 aliphatic carbocycles. The van der Waals surface area contributed by atoms with Gasteiger partial charge in [0.1, 0.15) is 18.1 Å². The molecule has 1 heterocycles. The van der Waals surface area contributed by atoms with E-state index < -0.39 is 11.9 Å². The van der Waals surface area contributed by atoms with Crippen molar-refractivity contribution in [3.63, 3.8) is 0 Å². The molecule has 3 aromatic rings. The molecule has 2 aromatic carbocycles. The maximum Gasteiger partial charge on any atom is 0.435 e. The predicted molar refractivity (Wildman–Crippen MR) is 98.7 cm³/mol. The lowest BCUT2D eigenvalue weighted by molar-refractivity contribution is -0.141. The van der Waals surface area contributed by atoms with Gasteiger partial charge in [0.15, 0.2) is 5.69 Å². The molecular weight excluding hydrogens is 425 g/mol. The molecule has 0 saturated heterocycles. The van der Waals surface area contributed by atoms with E-state index >= 15 is 0 Å². The Morgan fingerprint density at radius 2 is 1.70 bits per heavy atom. The maximum atomic E-state index is 13.0. The lowest BCUT2D eigenvalue weighted by Gasteiger charge is -2.12. The number of aromatic nitrogens is 2. The van der Waals surface area contributed by atoms with Gasteiger partial charge in [-0.05, 0) is 48.0 Å². The van der Waals surface area contributed by atoms with Gasteiger partial charge in [-0.25, -0.2) is 0 Å². The minimum Gasteiger partial charge on any atom is -0.497 e. The number of ether oxygens (including phenoxy) is 2. The molecule has 0 spiro atoms. The van der Waals surface area contributed by atoms with Crippen molar-refractivity contribution in [3.05, 3.63) is 64.3 Å². The van der Waals surface area contributed by atoms with Crippen LogP contribution >= 0.6 is 15.9 Å². The smallest absolute Gasteiger partial charge is 0.435 e. The average Bonchev–Trinajstić information content (AvgIpc) is 3.02. The molecule has 0 radical (unpaired) electrons. The molecule has 4 nitrogen and oxygen atoms in total. The molecule has 0 aliphatic heterocycles. The summed E-state index contributed by atoms with van der Waals surface area (Å²) < 4.78 is 51.9. The van der Waals surface area contributed by atoms with Crippen LogP contribution in [0.4, 0.5) is 13.2 Å². The molecule has 3 rings (SSSR count). The summed E-state index contributed by atoms with van der Waals surface area (Å²) in [5, 5.41) is 3.58. The second kappa shape index (κ2) is 7.64. The highest BCUT2D eigenvalue weighted by molar-refractivity contribution is 9.10. The summed E-state index contributed by atoms with van der Waals surface area (Å²) in [5.74, 6) is 1.34. The highest BCUT2D eigenvalue weighted by atomic mass is 79.9. The number of rotatable bonds is 5. The van der Waals surface area contributed by atoms with Crippen molar-refractivity contribution >= 4 is 15.9 Å². The second-order valence-corrected chi connectivity index (χ2v) is 6.72. The fourth-order valence-corrected chi connectivity index (χ4v) is 3.03. The largest absolute Gasteiger partial charge is 0.497 e. The molecule has 0 aliphatic rings. The third-order valence-electron chi connectivity index (χ3n) is 3.97. The quantitative estimate of drug-likeness (QED) is 0.528. The third kappa shape index (κ3) is 4.44. The molecule has 1 aromatic heterocycles. The standard InChI is InChI=1S/C19H16BrF3N2O2/c1-25-17(10-18(24-25)19(21,22)23)16-8-3-13(20)9-12(16)11-27-15-6-4-14(26-2)5-7-15/h3-10H,11H2,1-2H3. The van der Waals surface area contributed by atoms with Crippen molar-refractivity contribution in [3.8, 4) is 22.8 Å². The van der Waals surface area contributed by atoms with E-state index in [1.165, 1.54) is 11.7 Å². The molecule has 0 bridgehead atoms. The van der Waals surface area contributed by atoms with Gasteiger partial charge >= 0.3 is 6.18 Å². The molecule has 0 N–H and O–H groups in total. The SMILES string of the molecule is COc1ccc(OCc2cc(Br)ccc2-c2cc(C(F)(F)F)nn2C)cc1. The predicted octanol–water partition coefficient (Wildman–Crippen LogP) is 5.46. The molecule has 0 saturated carbocycles. The van der Waals surface area contributed by atoms with E-state index in [2.05, 4.69) is 21.0 Å². The minimum atomic E-state index is -4.49. The number of benzene rings is 2. The van der Waals surface area contributed by atoms with Gasteiger partial charge in [-0.15, -0.1) is 0 Å². The van der Waals surface area contributed by atoms with Gasteiger partial charge in [-0.3, -0.25) is 4.68 Å². The zero-order valence-electron chi connectivity index (χ0n) is 14.5. The van der Waals surface area contributed by atoms with Crippen molar-refractivity contribution in [2.24, 2.45) is 7.05 Å². The number of hydrogen-bond acceptors (Lipinski definition) is 3. The highest BCUT2D eigenvalue weighted by Gasteiger charge is 2.34. The Morgan fingerprint density at radius 3 is 2.30 bits per heavy atom. The highest BCUT2D eigenvalue weighted by Crippen LogP contribution is 2.33. The molecule has 142 valence electrons. The molecular formula is C19H16BrF3N2O2. The monoisotopic (exact) mass is 440 g/mol. The number of hydrogen-bond donors (Lipinski definition) is 0. The van der Waals surface area contributed by atoms with Crippen LogP contribution in [-0.2, 0) is 19.8 Å². The van der Waals surface area contributed by atoms with Crippen molar-refractivity contribution < 1.29 is 22.6 Å². The zero-order chi connectivity index (χ0) is 19.6. The first kappa shape index (κ1) is 19.3. The van der Waals surface area contributed by atoms with E-state index in [1.54, 1.807) is 43.5 Å². The second-order valence-electron chi connectivity index (χ2n) is 5.80. The summed E-state index contributed by atoms with van der Waals surface area (Å²) in [5.41, 5.74) is 0.794. The molecule has 0 amide bonds. The summed E-state index contributed by atoms with van der Waals surface area (Å²) >= 11 is 3.39. The Labute approximate surface area is 162 Å². The summed E-state index contributed by atoms with van der Waals surface area (Å²) in [6, 6.07) is 13.5. The van der Waals surface area contributed by atoms with E-state index in [4.69, 9.17) is 9.47 Å². The Hall–Kier alpha value is -2.48. The first-order valence-corrected chi connectivity index (χ1v) is 8.74. The number of halogens is 4. The molecule has 27 heavy (non-hydrogen) atoms. The van der Waals surface area contributed by atoms with Crippen LogP contribution in [0, 0.1) is 0 Å². The molecule has 0 atom stereocenters. The van der Waals surface area contributed by atoms with E-state index in [-0.39, 0.29) is 6.61 Å². The lowest BCUT2D eigenvalue weighted by Crippen LogP contribution is -2.06. The van der Waals surface area contributed by atoms with Crippen molar-refractivity contribution in [1.82, 2.24) is 9.78 Å². The summed E-state index contributed by atoms with van der Waals surface area (Å²) in [4.78, 5) is 0. The maximum absolute atomic E-state index is 13.0. The van der Waals surface area contributed by atoms with Crippen molar-refractivity contribution in [2.75, 3.05) is 7.11 Å². The molecule has 0 unspecified atom stereocenters. The van der Waals surface area contributed by atoms with Crippen LogP contribution in [-0.4, -0.2) is 16.9 Å². The number of alkyl halides is 3. The first-order chi connectivity index (χ1) is 12.8. The lowest BCUT2D eigenvalue weighted by atomic mass is 10.0. The van der Waals surface area contributed by atoms with Crippen LogP contribution in [0.25, 0.3) is 11.3 Å². The average molecular weight is 441 g/mol. The van der Waals surface area contributed by atoms with E-state index in [1.807, 2.05) is 6.07 Å². The van der Waals surface area contributed by atoms with Crippen LogP contribution < -0.4 is 9.47 Å². The van der Waals surface area contributed by atoms with Crippen LogP contribution in [0.3, 0.4) is 0 Å². The Bertz CT molecular complexity index is 937. The number of aryl methyl sites for hydroxylation is 1. The van der Waals surface area contributed by atoms with Crippen molar-refractivity contribution in [1.29, 1.82) is 0 Å². The van der Waals surface area contributed by atoms with E-state index in [0.717, 1.165) is 16.1 Å². The number of nitrogens with zero attached hydrogens (tertiary/aromatic N) is 2. The van der Waals surface area contributed by atoms with Gasteiger partial charge in [0.2, 0.25) is 0 Å². The Balaban J connectivity index is 1.90. The molecule has 0 fully saturated rings. The Kier molecular flexibility index (Phi) is 5.46. The summed E-state index contributed by atoms with van der Waals surface area (Å²) in [7, 11) is 3.06. The minimum absolute atomic E-state index is 0.188. The van der Waals surface area contributed by atoms with Gasteiger partial charge in [0.25, 0.3) is 0 Å². The summed E-state index contributed by atoms with van der Waals surface area (Å²) in [6.07, 6.45) is -4.49. The van der Waals surface area contributed by atoms with Gasteiger partial charge in [0.05, 0.1) is 12.8 Å². The van der Waals surface area contributed by atoms with Gasteiger partial charge in [-0.2, -0.15) is 18.3 Å². The zero-order valence-corrected chi connectivity index (χ0v) is 16.1. The normalized spacial score (nSPS) is 11.5. The van der Waals surface area contributed by atoms with Crippen molar-refractivity contribution in [2.45, 2.75) is 12.8 Å². The topological polar surface area (TPSA) is 36.3 Å². The van der Waals surface area contributed by atoms with Crippen LogP contribution in [0.15, 0.2) is 53.0 Å². The van der Waals surface area contributed by atoms with E-state index in [0.29, 0.717) is 22.8 Å². The molecule has 8 heteroatoms. The summed E-state index contributed by atoms with van der Waals surface area (Å²) in [6.45, 7) is 0.188. The third-order valence-corrected chi connectivity index (χ3v) is 4.46. The Morgan fingerprint density at radius 1 is 1.04 bits per heavy atom. The van der Waals surface area contributed by atoms with Crippen LogP contribution in [0.5, 0.6) is 11.5 Å². The first-order valence-electron chi connectivity index (χ1n) is 7.95. The van der Waals surface area contributed by atoms with Crippen LogP contribution in [0.2, 0.25) is 0 Å². The fourth-order valence-electron chi connectivity index (χ4n) is 2.62. The number of methoxy groups -OCH3 is 1.